The number of rotatable bonds is 9. The summed E-state index contributed by atoms with van der Waals surface area (Å²) < 4.78 is 80.0. The SMILES string of the molecule is CC(C)N1CCN(Cc2ccc(-c3ccccc3C(F)(F)F)cc2)CC1c1ccccc1.FC(F)(F)c1ccccc1-c1ccc(CN2CCNC(c3ccccc3)C2)cc1. The molecule has 0 saturated carbocycles. The Labute approximate surface area is 355 Å². The van der Waals surface area contributed by atoms with E-state index in [1.54, 1.807) is 36.4 Å². The predicted octanol–water partition coefficient (Wildman–Crippen LogP) is 12.2. The highest BCUT2D eigenvalue weighted by Crippen LogP contribution is 2.38. The molecule has 2 saturated heterocycles. The van der Waals surface area contributed by atoms with Gasteiger partial charge in [0.1, 0.15) is 0 Å². The molecule has 10 heteroatoms. The van der Waals surface area contributed by atoms with Gasteiger partial charge in [-0.15, -0.1) is 0 Å². The van der Waals surface area contributed by atoms with Crippen molar-refractivity contribution in [2.24, 2.45) is 0 Å². The van der Waals surface area contributed by atoms with Crippen molar-refractivity contribution in [3.8, 4) is 22.3 Å². The average Bonchev–Trinajstić information content (AvgIpc) is 3.27. The largest absolute Gasteiger partial charge is 0.417 e. The molecule has 8 rings (SSSR count). The summed E-state index contributed by atoms with van der Waals surface area (Å²) >= 11 is 0. The molecule has 1 N–H and O–H groups in total. The van der Waals surface area contributed by atoms with Gasteiger partial charge >= 0.3 is 12.4 Å². The monoisotopic (exact) mass is 834 g/mol. The zero-order valence-corrected chi connectivity index (χ0v) is 34.5. The number of benzene rings is 6. The highest BCUT2D eigenvalue weighted by molar-refractivity contribution is 5.69. The maximum Gasteiger partial charge on any atom is 0.417 e. The van der Waals surface area contributed by atoms with Crippen molar-refractivity contribution >= 4 is 0 Å². The molecule has 2 unspecified atom stereocenters. The Morgan fingerprint density at radius 3 is 1.43 bits per heavy atom. The molecule has 0 bridgehead atoms. The van der Waals surface area contributed by atoms with Crippen LogP contribution in [0.15, 0.2) is 158 Å². The molecule has 6 aromatic rings. The molecular weight excluding hydrogens is 783 g/mol. The van der Waals surface area contributed by atoms with E-state index in [0.717, 1.165) is 75.6 Å². The van der Waals surface area contributed by atoms with E-state index in [1.165, 1.54) is 35.4 Å². The number of piperazine rings is 2. The minimum Gasteiger partial charge on any atom is -0.308 e. The first-order valence-corrected chi connectivity index (χ1v) is 20.9. The second-order valence-electron chi connectivity index (χ2n) is 16.1. The number of hydrogen-bond acceptors (Lipinski definition) is 4. The lowest BCUT2D eigenvalue weighted by molar-refractivity contribution is -0.137. The standard InChI is InChI=1S/C27H29F3N2.C24H23F3N2/c1-20(2)32-17-16-31(19-26(32)23-8-4-3-5-9-23)18-21-12-14-22(15-13-21)24-10-6-7-11-25(24)27(28,29)30;25-24(26,27)22-9-5-4-8-21(22)19-12-10-18(11-13-19)16-29-15-14-28-23(17-29)20-6-2-1-3-7-20/h3-15,20,26H,16-19H2,1-2H3;1-13,23,28H,14-17H2. The van der Waals surface area contributed by atoms with Crippen LogP contribution < -0.4 is 5.32 Å². The van der Waals surface area contributed by atoms with Crippen molar-refractivity contribution in [2.75, 3.05) is 39.3 Å². The third-order valence-electron chi connectivity index (χ3n) is 11.6. The van der Waals surface area contributed by atoms with Gasteiger partial charge in [0.2, 0.25) is 0 Å². The summed E-state index contributed by atoms with van der Waals surface area (Å²) in [6, 6.07) is 48.5. The number of halogens is 6. The van der Waals surface area contributed by atoms with Crippen LogP contribution in [0.5, 0.6) is 0 Å². The molecule has 0 aromatic heterocycles. The van der Waals surface area contributed by atoms with Crippen LogP contribution in [0.2, 0.25) is 0 Å². The predicted molar refractivity (Wildman–Crippen MR) is 233 cm³/mol. The minimum absolute atomic E-state index is 0.220. The second kappa shape index (κ2) is 19.6. The molecule has 0 radical (unpaired) electrons. The van der Waals surface area contributed by atoms with E-state index in [4.69, 9.17) is 0 Å². The Morgan fingerprint density at radius 1 is 0.508 bits per heavy atom. The maximum absolute atomic E-state index is 13.4. The summed E-state index contributed by atoms with van der Waals surface area (Å²) in [7, 11) is 0. The molecule has 2 heterocycles. The van der Waals surface area contributed by atoms with Gasteiger partial charge in [0.25, 0.3) is 0 Å². The summed E-state index contributed by atoms with van der Waals surface area (Å²) in [5, 5.41) is 3.55. The molecular formula is C51H52F6N4. The Morgan fingerprint density at radius 2 is 0.951 bits per heavy atom. The van der Waals surface area contributed by atoms with Crippen LogP contribution in [0, 0.1) is 0 Å². The number of nitrogens with one attached hydrogen (secondary N) is 1. The Kier molecular flexibility index (Phi) is 14.1. The minimum atomic E-state index is -4.36. The van der Waals surface area contributed by atoms with E-state index in [-0.39, 0.29) is 11.1 Å². The average molecular weight is 835 g/mol. The van der Waals surface area contributed by atoms with E-state index >= 15 is 0 Å². The zero-order valence-electron chi connectivity index (χ0n) is 34.5. The molecule has 0 aliphatic carbocycles. The molecule has 2 aliphatic rings. The van der Waals surface area contributed by atoms with Crippen molar-refractivity contribution in [2.45, 2.75) is 57.4 Å². The van der Waals surface area contributed by atoms with Crippen molar-refractivity contribution < 1.29 is 26.3 Å². The third kappa shape index (κ3) is 11.4. The van der Waals surface area contributed by atoms with Crippen LogP contribution in [-0.2, 0) is 25.4 Å². The Bertz CT molecular complexity index is 2280. The quantitative estimate of drug-likeness (QED) is 0.147. The van der Waals surface area contributed by atoms with Gasteiger partial charge in [0, 0.05) is 70.5 Å². The topological polar surface area (TPSA) is 21.8 Å². The highest BCUT2D eigenvalue weighted by Gasteiger charge is 2.35. The van der Waals surface area contributed by atoms with Crippen LogP contribution in [-0.4, -0.2) is 60.0 Å². The summed E-state index contributed by atoms with van der Waals surface area (Å²) in [6.45, 7) is 11.7. The van der Waals surface area contributed by atoms with Crippen molar-refractivity contribution in [1.29, 1.82) is 0 Å². The summed E-state index contributed by atoms with van der Waals surface area (Å²) in [5.41, 5.74) is 5.25. The lowest BCUT2D eigenvalue weighted by atomic mass is 9.97. The smallest absolute Gasteiger partial charge is 0.308 e. The summed E-state index contributed by atoms with van der Waals surface area (Å²) in [5.74, 6) is 0. The van der Waals surface area contributed by atoms with Crippen LogP contribution in [0.3, 0.4) is 0 Å². The second-order valence-corrected chi connectivity index (χ2v) is 16.1. The van der Waals surface area contributed by atoms with Gasteiger partial charge < -0.3 is 5.32 Å². The van der Waals surface area contributed by atoms with E-state index in [9.17, 15) is 26.3 Å². The highest BCUT2D eigenvalue weighted by atomic mass is 19.4. The molecule has 318 valence electrons. The maximum atomic E-state index is 13.4. The molecule has 2 fully saturated rings. The van der Waals surface area contributed by atoms with Gasteiger partial charge in [-0.2, -0.15) is 26.3 Å². The van der Waals surface area contributed by atoms with Crippen LogP contribution in [0.25, 0.3) is 22.3 Å². The Hall–Kier alpha value is -5.26. The molecule has 4 nitrogen and oxygen atoms in total. The first-order chi connectivity index (χ1) is 29.3. The molecule has 2 atom stereocenters. The molecule has 6 aromatic carbocycles. The van der Waals surface area contributed by atoms with Crippen LogP contribution in [0.4, 0.5) is 26.3 Å². The molecule has 2 aliphatic heterocycles. The van der Waals surface area contributed by atoms with Crippen molar-refractivity contribution in [1.82, 2.24) is 20.0 Å². The van der Waals surface area contributed by atoms with E-state index in [0.29, 0.717) is 29.3 Å². The van der Waals surface area contributed by atoms with E-state index in [1.807, 2.05) is 48.5 Å². The van der Waals surface area contributed by atoms with Crippen molar-refractivity contribution in [3.05, 3.63) is 191 Å². The van der Waals surface area contributed by atoms with Crippen molar-refractivity contribution in [3.63, 3.8) is 0 Å². The fourth-order valence-electron chi connectivity index (χ4n) is 8.51. The van der Waals surface area contributed by atoms with Gasteiger partial charge in [-0.05, 0) is 70.5 Å². The first kappa shape index (κ1) is 43.8. The first-order valence-electron chi connectivity index (χ1n) is 20.9. The lowest BCUT2D eigenvalue weighted by Crippen LogP contribution is -2.50. The van der Waals surface area contributed by atoms with Crippen LogP contribution in [0.1, 0.15) is 59.3 Å². The summed E-state index contributed by atoms with van der Waals surface area (Å²) in [4.78, 5) is 7.37. The van der Waals surface area contributed by atoms with Gasteiger partial charge in [0.05, 0.1) is 11.1 Å². The van der Waals surface area contributed by atoms with Crippen LogP contribution >= 0.6 is 0 Å². The fraction of sp³-hybridized carbons (Fsp3) is 0.294. The zero-order chi connectivity index (χ0) is 43.0. The van der Waals surface area contributed by atoms with E-state index < -0.39 is 23.5 Å². The molecule has 61 heavy (non-hydrogen) atoms. The number of nitrogens with zero attached hydrogens (tertiary/aromatic N) is 3. The van der Waals surface area contributed by atoms with Gasteiger partial charge in [-0.3, -0.25) is 14.7 Å². The number of alkyl halides is 6. The van der Waals surface area contributed by atoms with E-state index in [2.05, 4.69) is 70.3 Å². The van der Waals surface area contributed by atoms with Gasteiger partial charge in [-0.25, -0.2) is 0 Å². The fourth-order valence-corrected chi connectivity index (χ4v) is 8.51. The van der Waals surface area contributed by atoms with Gasteiger partial charge in [0.15, 0.2) is 0 Å². The summed E-state index contributed by atoms with van der Waals surface area (Å²) in [6.07, 6.45) is -8.72. The Balaban J connectivity index is 0.000000185. The normalized spacial score (nSPS) is 18.1. The molecule has 0 spiro atoms. The molecule has 0 amide bonds. The third-order valence-corrected chi connectivity index (χ3v) is 11.6. The lowest BCUT2D eigenvalue weighted by Gasteiger charge is -2.44. The van der Waals surface area contributed by atoms with Gasteiger partial charge in [-0.1, -0.05) is 146 Å². The number of hydrogen-bond donors (Lipinski definition) is 1.